The Morgan fingerprint density at radius 2 is 1.79 bits per heavy atom. The van der Waals surface area contributed by atoms with E-state index in [1.807, 2.05) is 0 Å². The van der Waals surface area contributed by atoms with Crippen molar-refractivity contribution in [3.05, 3.63) is 65.0 Å². The molecule has 0 bridgehead atoms. The lowest BCUT2D eigenvalue weighted by molar-refractivity contribution is -0.186. The molecule has 1 unspecified atom stereocenters. The maximum absolute atomic E-state index is 15.8. The van der Waals surface area contributed by atoms with E-state index in [0.29, 0.717) is 0 Å². The maximum atomic E-state index is 15.8. The van der Waals surface area contributed by atoms with Crippen LogP contribution in [0.1, 0.15) is 41.3 Å². The van der Waals surface area contributed by atoms with E-state index in [4.69, 9.17) is 10.5 Å². The van der Waals surface area contributed by atoms with E-state index in [1.54, 1.807) is 6.07 Å². The molecule has 0 saturated carbocycles. The summed E-state index contributed by atoms with van der Waals surface area (Å²) in [5.74, 6) is -7.05. The van der Waals surface area contributed by atoms with Crippen LogP contribution in [0.5, 0.6) is 0 Å². The number of rotatable bonds is 1. The number of nitriles is 1. The molecule has 0 saturated heterocycles. The van der Waals surface area contributed by atoms with Crippen molar-refractivity contribution in [2.24, 2.45) is 10.7 Å². The van der Waals surface area contributed by atoms with Gasteiger partial charge < -0.3 is 10.5 Å². The lowest BCUT2D eigenvalue weighted by Gasteiger charge is -2.47. The van der Waals surface area contributed by atoms with Crippen LogP contribution < -0.4 is 5.73 Å². The number of amidine groups is 1. The van der Waals surface area contributed by atoms with Crippen molar-refractivity contribution in [2.75, 3.05) is 0 Å². The van der Waals surface area contributed by atoms with Gasteiger partial charge in [0.05, 0.1) is 5.56 Å². The monoisotopic (exact) mass is 390 g/mol. The first-order valence-electron chi connectivity index (χ1n) is 8.45. The highest BCUT2D eigenvalue weighted by Gasteiger charge is 2.68. The molecule has 9 heteroatoms. The lowest BCUT2D eigenvalue weighted by Crippen LogP contribution is -2.56. The highest BCUT2D eigenvalue weighted by Crippen LogP contribution is 2.60. The van der Waals surface area contributed by atoms with Gasteiger partial charge in [0.25, 0.3) is 11.9 Å². The van der Waals surface area contributed by atoms with Crippen LogP contribution in [-0.2, 0) is 16.2 Å². The van der Waals surface area contributed by atoms with Crippen LogP contribution in [0.3, 0.4) is 0 Å². The maximum Gasteiger partial charge on any atom is 0.318 e. The summed E-state index contributed by atoms with van der Waals surface area (Å²) in [5.41, 5.74) is 2.10. The molecule has 1 aliphatic carbocycles. The van der Waals surface area contributed by atoms with Crippen LogP contribution in [-0.4, -0.2) is 16.9 Å². The third-order valence-electron chi connectivity index (χ3n) is 5.20. The zero-order valence-electron chi connectivity index (χ0n) is 14.4. The summed E-state index contributed by atoms with van der Waals surface area (Å²) < 4.78 is 65.6. The summed E-state index contributed by atoms with van der Waals surface area (Å²) in [7, 11) is 0. The van der Waals surface area contributed by atoms with Gasteiger partial charge in [0.1, 0.15) is 11.8 Å². The van der Waals surface area contributed by atoms with Gasteiger partial charge in [0.15, 0.2) is 5.54 Å². The second-order valence-corrected chi connectivity index (χ2v) is 6.73. The average Bonchev–Trinajstić information content (AvgIpc) is 2.68. The molecule has 2 heterocycles. The molecule has 2 atom stereocenters. The van der Waals surface area contributed by atoms with Crippen molar-refractivity contribution in [2.45, 2.75) is 36.3 Å². The van der Waals surface area contributed by atoms with Gasteiger partial charge >= 0.3 is 5.92 Å². The SMILES string of the molecule is N#Cc1cccnc1C1OC(N)=N[C@@]2(CCC(F)(F)c3ccccc32)C1(F)F. The Labute approximate surface area is 157 Å². The summed E-state index contributed by atoms with van der Waals surface area (Å²) in [5, 5.41) is 9.26. The molecule has 4 rings (SSSR count). The Morgan fingerprint density at radius 3 is 2.50 bits per heavy atom. The number of alkyl halides is 4. The standard InChI is InChI=1S/C19H14F4N4O/c20-18(21)8-7-17(12-5-1-2-6-13(12)18)19(22,23)15(28-16(25)27-17)14-11(10-24)4-3-9-26-14/h1-6,9,15H,7-8H2,(H2,25,27)/t15?,17-/m1/s1. The van der Waals surface area contributed by atoms with Gasteiger partial charge in [0.2, 0.25) is 6.10 Å². The fourth-order valence-electron chi connectivity index (χ4n) is 3.88. The molecule has 2 N–H and O–H groups in total. The van der Waals surface area contributed by atoms with Gasteiger partial charge in [-0.05, 0) is 24.1 Å². The third kappa shape index (κ3) is 2.37. The van der Waals surface area contributed by atoms with E-state index >= 15 is 8.78 Å². The van der Waals surface area contributed by atoms with Crippen molar-refractivity contribution in [1.29, 1.82) is 5.26 Å². The quantitative estimate of drug-likeness (QED) is 0.752. The number of nitrogens with zero attached hydrogens (tertiary/aromatic N) is 3. The molecule has 0 fully saturated rings. The van der Waals surface area contributed by atoms with E-state index in [0.717, 1.165) is 6.07 Å². The van der Waals surface area contributed by atoms with Crippen molar-refractivity contribution in [3.8, 4) is 6.07 Å². The highest BCUT2D eigenvalue weighted by atomic mass is 19.3. The number of pyridine rings is 1. The Balaban J connectivity index is 1.96. The van der Waals surface area contributed by atoms with E-state index < -0.39 is 47.9 Å². The number of aromatic nitrogens is 1. The predicted octanol–water partition coefficient (Wildman–Crippen LogP) is 3.76. The molecule has 144 valence electrons. The number of aliphatic imine (C=N–C) groups is 1. The smallest absolute Gasteiger partial charge is 0.318 e. The van der Waals surface area contributed by atoms with E-state index in [9.17, 15) is 14.0 Å². The molecule has 1 aromatic carbocycles. The lowest BCUT2D eigenvalue weighted by atomic mass is 9.69. The van der Waals surface area contributed by atoms with Crippen molar-refractivity contribution in [3.63, 3.8) is 0 Å². The van der Waals surface area contributed by atoms with Crippen LogP contribution in [0.4, 0.5) is 17.6 Å². The molecule has 28 heavy (non-hydrogen) atoms. The van der Waals surface area contributed by atoms with Crippen LogP contribution in [0.15, 0.2) is 47.6 Å². The fraction of sp³-hybridized carbons (Fsp3) is 0.316. The Kier molecular flexibility index (Phi) is 3.86. The van der Waals surface area contributed by atoms with E-state index in [1.165, 1.54) is 36.5 Å². The van der Waals surface area contributed by atoms with Crippen molar-refractivity contribution < 1.29 is 22.3 Å². The molecule has 5 nitrogen and oxygen atoms in total. The Hall–Kier alpha value is -3.15. The molecule has 1 aliphatic heterocycles. The number of halogens is 4. The highest BCUT2D eigenvalue weighted by molar-refractivity contribution is 5.74. The van der Waals surface area contributed by atoms with Gasteiger partial charge in [0, 0.05) is 18.2 Å². The van der Waals surface area contributed by atoms with Crippen LogP contribution in [0.2, 0.25) is 0 Å². The second-order valence-electron chi connectivity index (χ2n) is 6.73. The van der Waals surface area contributed by atoms with Gasteiger partial charge in [-0.15, -0.1) is 0 Å². The summed E-state index contributed by atoms with van der Waals surface area (Å²) in [6.45, 7) is 0. The molecular formula is C19H14F4N4O. The Morgan fingerprint density at radius 1 is 1.07 bits per heavy atom. The molecule has 0 amide bonds. The van der Waals surface area contributed by atoms with E-state index in [-0.39, 0.29) is 16.8 Å². The van der Waals surface area contributed by atoms with Gasteiger partial charge in [-0.25, -0.2) is 13.8 Å². The number of ether oxygens (including phenoxy) is 1. The number of fused-ring (bicyclic) bond motifs is 2. The van der Waals surface area contributed by atoms with E-state index in [2.05, 4.69) is 9.98 Å². The van der Waals surface area contributed by atoms with Crippen LogP contribution >= 0.6 is 0 Å². The van der Waals surface area contributed by atoms with Gasteiger partial charge in [-0.1, -0.05) is 24.3 Å². The first kappa shape index (κ1) is 18.2. The zero-order valence-corrected chi connectivity index (χ0v) is 14.4. The third-order valence-corrected chi connectivity index (χ3v) is 5.20. The minimum Gasteiger partial charge on any atom is -0.449 e. The molecule has 2 aromatic rings. The molecule has 1 aromatic heterocycles. The van der Waals surface area contributed by atoms with Gasteiger partial charge in [-0.2, -0.15) is 14.0 Å². The van der Waals surface area contributed by atoms with Crippen molar-refractivity contribution in [1.82, 2.24) is 4.98 Å². The number of benzene rings is 1. The minimum absolute atomic E-state index is 0.119. The molecule has 2 aliphatic rings. The summed E-state index contributed by atoms with van der Waals surface area (Å²) in [6.07, 6.45) is -2.26. The summed E-state index contributed by atoms with van der Waals surface area (Å²) >= 11 is 0. The van der Waals surface area contributed by atoms with Crippen molar-refractivity contribution >= 4 is 6.02 Å². The molecular weight excluding hydrogens is 376 g/mol. The fourth-order valence-corrected chi connectivity index (χ4v) is 3.88. The summed E-state index contributed by atoms with van der Waals surface area (Å²) in [4.78, 5) is 7.72. The normalized spacial score (nSPS) is 27.2. The van der Waals surface area contributed by atoms with Crippen LogP contribution in [0, 0.1) is 11.3 Å². The Bertz CT molecular complexity index is 1020. The summed E-state index contributed by atoms with van der Waals surface area (Å²) in [6, 6.07) is 9.05. The average molecular weight is 390 g/mol. The van der Waals surface area contributed by atoms with Gasteiger partial charge in [-0.3, -0.25) is 4.98 Å². The molecule has 1 spiro atoms. The predicted molar refractivity (Wildman–Crippen MR) is 90.6 cm³/mol. The second kappa shape index (κ2) is 5.92. The topological polar surface area (TPSA) is 84.3 Å². The zero-order chi connectivity index (χ0) is 20.2. The largest absolute Gasteiger partial charge is 0.449 e. The minimum atomic E-state index is -3.79. The first-order valence-corrected chi connectivity index (χ1v) is 8.45. The number of hydrogen-bond donors (Lipinski definition) is 1. The number of hydrogen-bond acceptors (Lipinski definition) is 5. The molecule has 0 radical (unpaired) electrons. The first-order chi connectivity index (χ1) is 13.2. The van der Waals surface area contributed by atoms with Crippen LogP contribution in [0.25, 0.3) is 0 Å². The number of nitrogens with two attached hydrogens (primary N) is 1.